The van der Waals surface area contributed by atoms with Gasteiger partial charge < -0.3 is 28.8 Å². The van der Waals surface area contributed by atoms with E-state index >= 15 is 0 Å². The summed E-state index contributed by atoms with van der Waals surface area (Å²) in [6, 6.07) is 0. The van der Waals surface area contributed by atoms with E-state index in [0.29, 0.717) is 12.3 Å². The van der Waals surface area contributed by atoms with E-state index in [-0.39, 0.29) is 58.4 Å². The van der Waals surface area contributed by atoms with Gasteiger partial charge in [-0.1, -0.05) is 0 Å². The summed E-state index contributed by atoms with van der Waals surface area (Å²) in [5.41, 5.74) is 0. The molecule has 0 spiro atoms. The van der Waals surface area contributed by atoms with E-state index in [9.17, 15) is 8.42 Å². The molecule has 0 unspecified atom stereocenters. The van der Waals surface area contributed by atoms with Gasteiger partial charge in [0.05, 0.1) is 0 Å². The number of rotatable bonds is 0. The summed E-state index contributed by atoms with van der Waals surface area (Å²) in [4.78, 5) is 0. The molecule has 0 aromatic rings. The fourth-order valence-electron chi connectivity index (χ4n) is 0.0731. The van der Waals surface area contributed by atoms with Gasteiger partial charge in [0.15, 0.2) is 12.3 Å². The van der Waals surface area contributed by atoms with Gasteiger partial charge in [-0.25, -0.2) is 0 Å². The molecule has 1 heterocycles. The van der Waals surface area contributed by atoms with E-state index in [0.717, 1.165) is 0 Å². The van der Waals surface area contributed by atoms with Crippen molar-refractivity contribution in [2.24, 2.45) is 0 Å². The van der Waals surface area contributed by atoms with Gasteiger partial charge in [-0.15, -0.1) is 7.26 Å². The molecule has 1 rings (SSSR count). The first-order chi connectivity index (χ1) is 2.71. The van der Waals surface area contributed by atoms with Crippen LogP contribution in [0.5, 0.6) is 0 Å². The van der Waals surface area contributed by atoms with Crippen molar-refractivity contribution >= 4 is 22.7 Å². The maximum Gasteiger partial charge on any atom is 1.00 e. The zero-order chi connectivity index (χ0) is 4.62. The Balaban J connectivity index is -0.0000000103. The molecule has 12 heavy (non-hydrogen) atoms. The van der Waals surface area contributed by atoms with Crippen molar-refractivity contribution in [1.29, 1.82) is 0 Å². The van der Waals surface area contributed by atoms with Gasteiger partial charge in [0.1, 0.15) is 0 Å². The van der Waals surface area contributed by atoms with Crippen LogP contribution in [0.1, 0.15) is 1.43 Å². The summed E-state index contributed by atoms with van der Waals surface area (Å²) in [7, 11) is -3.52. The molecule has 0 amide bonds. The maximum absolute atomic E-state index is 9.62. The molecule has 12 heteroatoms. The molecule has 0 aromatic carbocycles. The molecule has 1 fully saturated rings. The van der Waals surface area contributed by atoms with Gasteiger partial charge >= 0.3 is 40.0 Å². The molecule has 0 bridgehead atoms. The summed E-state index contributed by atoms with van der Waals surface area (Å²) in [5.74, 6) is 0. The van der Waals surface area contributed by atoms with Crippen molar-refractivity contribution in [2.45, 2.75) is 0 Å². The van der Waals surface area contributed by atoms with Crippen molar-refractivity contribution in [3.8, 4) is 0 Å². The Morgan fingerprint density at radius 3 is 1.08 bits per heavy atom. The molecular formula is H11NaO9S2. The molecule has 10 N–H and O–H groups in total. The summed E-state index contributed by atoms with van der Waals surface area (Å²) in [6.45, 7) is 0. The summed E-state index contributed by atoms with van der Waals surface area (Å²) < 4.78 is 26.8. The normalized spacial score (nSPS) is 14.3. The van der Waals surface area contributed by atoms with Crippen LogP contribution in [0.25, 0.3) is 0 Å². The van der Waals surface area contributed by atoms with E-state index in [4.69, 9.17) is 0 Å². The zero-order valence-electron chi connectivity index (χ0n) is 6.95. The Morgan fingerprint density at radius 1 is 0.917 bits per heavy atom. The van der Waals surface area contributed by atoms with Gasteiger partial charge in [-0.2, -0.15) is 8.42 Å². The van der Waals surface area contributed by atoms with Crippen molar-refractivity contribution in [3.63, 3.8) is 0 Å². The van der Waals surface area contributed by atoms with Crippen molar-refractivity contribution in [3.05, 3.63) is 0 Å². The van der Waals surface area contributed by atoms with Crippen LogP contribution in [0.4, 0.5) is 0 Å². The molecule has 0 aromatic heterocycles. The minimum absolute atomic E-state index is 0. The molecule has 1 saturated heterocycles. The monoisotopic (exact) mass is 242 g/mol. The van der Waals surface area contributed by atoms with Crippen LogP contribution in [-0.4, -0.2) is 35.8 Å². The van der Waals surface area contributed by atoms with E-state index < -0.39 is 10.4 Å². The smallest absolute Gasteiger partial charge is 1.00 e. The van der Waals surface area contributed by atoms with Crippen LogP contribution < -0.4 is 29.6 Å². The third-order valence-electron chi connectivity index (χ3n) is 0.222. The van der Waals surface area contributed by atoms with E-state index in [1.54, 1.807) is 0 Å². The minimum Gasteiger partial charge on any atom is -1.00 e. The topological polar surface area (TPSA) is 210 Å². The van der Waals surface area contributed by atoms with Crippen LogP contribution >= 0.6 is 12.3 Å². The molecule has 0 aliphatic carbocycles. The Kier molecular flexibility index (Phi) is 46.2. The minimum atomic E-state index is -3.52. The largest absolute Gasteiger partial charge is 1.00 e. The summed E-state index contributed by atoms with van der Waals surface area (Å²) in [5, 5.41) is 0. The predicted octanol–water partition coefficient (Wildman–Crippen LogP) is -7.17. The molecule has 0 radical (unpaired) electrons. The number of hydrogen-bond acceptors (Lipinski definition) is 5. The zero-order valence-corrected chi connectivity index (χ0v) is 9.58. The van der Waals surface area contributed by atoms with Crippen LogP contribution in [0.2, 0.25) is 0 Å². The van der Waals surface area contributed by atoms with Crippen LogP contribution in [-0.2, 0) is 17.7 Å². The third kappa shape index (κ3) is 13.6. The molecule has 9 nitrogen and oxygen atoms in total. The number of hydrogen-bond donors (Lipinski definition) is 0. The van der Waals surface area contributed by atoms with Crippen LogP contribution in [0.15, 0.2) is 0 Å². The van der Waals surface area contributed by atoms with Gasteiger partial charge in [0.2, 0.25) is 0 Å². The second kappa shape index (κ2) is 14.5. The first-order valence-corrected chi connectivity index (χ1v) is 3.00. The van der Waals surface area contributed by atoms with Crippen LogP contribution in [0, 0.1) is 0 Å². The average molecular weight is 242 g/mol. The molecule has 0 atom stereocenters. The van der Waals surface area contributed by atoms with Gasteiger partial charge in [-0.05, 0) is 0 Å². The molecule has 1 aliphatic heterocycles. The van der Waals surface area contributed by atoms with E-state index in [1.807, 2.05) is 0 Å². The fraction of sp³-hybridized carbons (Fsp3) is 0. The third-order valence-corrected chi connectivity index (χ3v) is 2.00. The Hall–Kier alpha value is 1.02. The molecule has 1 aliphatic rings. The molecular weight excluding hydrogens is 231 g/mol. The van der Waals surface area contributed by atoms with Gasteiger partial charge in [0.25, 0.3) is 0 Å². The van der Waals surface area contributed by atoms with Gasteiger partial charge in [-0.3, -0.25) is 0 Å². The Morgan fingerprint density at radius 2 is 1.08 bits per heavy atom. The first kappa shape index (κ1) is 38.2. The molecule has 78 valence electrons. The Bertz CT molecular complexity index is 132. The maximum atomic E-state index is 9.62. The van der Waals surface area contributed by atoms with Crippen molar-refractivity contribution in [2.75, 3.05) is 0 Å². The van der Waals surface area contributed by atoms with Crippen molar-refractivity contribution in [1.82, 2.24) is 0 Å². The predicted molar refractivity (Wildman–Crippen MR) is 37.9 cm³/mol. The fourth-order valence-corrected chi connectivity index (χ4v) is 0.658. The standard InChI is InChI=1S/Na.O4S2.5H2O.H/c;1-6(2)3-5-4-6;;;;;;/h;;5*1H2;/q+1;;;;;;;-1. The van der Waals surface area contributed by atoms with E-state index in [2.05, 4.69) is 7.26 Å². The molecule has 0 saturated carbocycles. The average Bonchev–Trinajstić information content (AvgIpc) is 1.32. The first-order valence-electron chi connectivity index (χ1n) is 1.00. The van der Waals surface area contributed by atoms with Crippen LogP contribution in [0.3, 0.4) is 0 Å². The second-order valence-electron chi connectivity index (χ2n) is 0.612. The Labute approximate surface area is 96.5 Å². The van der Waals surface area contributed by atoms with E-state index in [1.165, 1.54) is 0 Å². The van der Waals surface area contributed by atoms with Crippen molar-refractivity contribution < 1.29 is 74.0 Å². The summed E-state index contributed by atoms with van der Waals surface area (Å²) >= 11 is 0.456. The summed E-state index contributed by atoms with van der Waals surface area (Å²) in [6.07, 6.45) is 0. The second-order valence-corrected chi connectivity index (χ2v) is 2.65. The van der Waals surface area contributed by atoms with Gasteiger partial charge in [0, 0.05) is 0 Å². The quantitative estimate of drug-likeness (QED) is 0.298. The SMILES string of the molecule is O.O.O.O.O.O=S1(=O)OSO1.[H-].[Na+].